The predicted octanol–water partition coefficient (Wildman–Crippen LogP) is 4.50. The van der Waals surface area contributed by atoms with Crippen molar-refractivity contribution in [3.8, 4) is 5.75 Å². The summed E-state index contributed by atoms with van der Waals surface area (Å²) in [5.41, 5.74) is 9.57. The van der Waals surface area contributed by atoms with E-state index in [1.807, 2.05) is 38.1 Å². The first-order valence-electron chi connectivity index (χ1n) is 9.02. The quantitative estimate of drug-likeness (QED) is 0.290. The number of carbonyl (C=O) groups excluding carboxylic acids is 1. The Labute approximate surface area is 168 Å². The summed E-state index contributed by atoms with van der Waals surface area (Å²) in [5, 5.41) is 3.63. The number of halogens is 1. The van der Waals surface area contributed by atoms with Gasteiger partial charge in [0.2, 0.25) is 0 Å². The van der Waals surface area contributed by atoms with Gasteiger partial charge in [-0.25, -0.2) is 9.18 Å². The molecule has 0 spiro atoms. The second-order valence-corrected chi connectivity index (χ2v) is 6.62. The maximum Gasteiger partial charge on any atom is 0.365 e. The Bertz CT molecular complexity index is 1050. The number of ether oxygens (including phenoxy) is 1. The van der Waals surface area contributed by atoms with Gasteiger partial charge in [0.25, 0.3) is 0 Å². The van der Waals surface area contributed by atoms with Gasteiger partial charge in [0.15, 0.2) is 5.84 Å². The lowest BCUT2D eigenvalue weighted by Crippen LogP contribution is -2.15. The third-order valence-corrected chi connectivity index (χ3v) is 4.25. The third-order valence-electron chi connectivity index (χ3n) is 4.25. The lowest BCUT2D eigenvalue weighted by Gasteiger charge is -2.10. The van der Waals surface area contributed by atoms with Crippen molar-refractivity contribution in [3.63, 3.8) is 0 Å². The molecule has 0 saturated carbocycles. The predicted molar refractivity (Wildman–Crippen MR) is 109 cm³/mol. The summed E-state index contributed by atoms with van der Waals surface area (Å²) in [4.78, 5) is 17.2. The third kappa shape index (κ3) is 5.42. The van der Waals surface area contributed by atoms with Crippen molar-refractivity contribution in [1.29, 1.82) is 0 Å². The molecule has 0 fully saturated rings. The van der Waals surface area contributed by atoms with Crippen molar-refractivity contribution in [2.45, 2.75) is 20.5 Å². The van der Waals surface area contributed by atoms with E-state index in [4.69, 9.17) is 15.3 Å². The monoisotopic (exact) mass is 392 g/mol. The summed E-state index contributed by atoms with van der Waals surface area (Å²) in [7, 11) is 0. The lowest BCUT2D eigenvalue weighted by atomic mass is 10.1. The largest absolute Gasteiger partial charge is 0.489 e. The first-order chi connectivity index (χ1) is 13.9. The van der Waals surface area contributed by atoms with Gasteiger partial charge in [-0.15, -0.1) is 0 Å². The zero-order valence-corrected chi connectivity index (χ0v) is 16.2. The maximum atomic E-state index is 13.0. The number of benzene rings is 3. The van der Waals surface area contributed by atoms with Gasteiger partial charge in [-0.1, -0.05) is 35.0 Å². The number of nitrogens with zero attached hydrogens (tertiary/aromatic N) is 1. The summed E-state index contributed by atoms with van der Waals surface area (Å²) in [6.07, 6.45) is 0. The van der Waals surface area contributed by atoms with Crippen molar-refractivity contribution < 1.29 is 18.8 Å². The van der Waals surface area contributed by atoms with Crippen LogP contribution >= 0.6 is 0 Å². The Hall–Kier alpha value is -3.67. The fourth-order valence-corrected chi connectivity index (χ4v) is 2.73. The summed E-state index contributed by atoms with van der Waals surface area (Å²) in [5.74, 6) is -0.269. The van der Waals surface area contributed by atoms with Gasteiger partial charge < -0.3 is 15.3 Å². The molecule has 0 amide bonds. The van der Waals surface area contributed by atoms with Gasteiger partial charge >= 0.3 is 5.97 Å². The molecule has 0 aromatic heterocycles. The highest BCUT2D eigenvalue weighted by atomic mass is 19.1. The van der Waals surface area contributed by atoms with E-state index in [1.54, 1.807) is 18.2 Å². The molecule has 0 bridgehead atoms. The molecular formula is C23H21FN2O3. The van der Waals surface area contributed by atoms with E-state index >= 15 is 0 Å². The summed E-state index contributed by atoms with van der Waals surface area (Å²) in [6.45, 7) is 4.32. The molecule has 0 atom stereocenters. The summed E-state index contributed by atoms with van der Waals surface area (Å²) in [6, 6.07) is 18.3. The minimum atomic E-state index is -0.650. The van der Waals surface area contributed by atoms with Gasteiger partial charge in [0.05, 0.1) is 5.56 Å². The summed E-state index contributed by atoms with van der Waals surface area (Å²) < 4.78 is 18.8. The van der Waals surface area contributed by atoms with Crippen molar-refractivity contribution in [2.75, 3.05) is 0 Å². The molecule has 5 nitrogen and oxygen atoms in total. The zero-order valence-electron chi connectivity index (χ0n) is 16.2. The molecule has 0 aliphatic rings. The van der Waals surface area contributed by atoms with Crippen molar-refractivity contribution in [2.24, 2.45) is 10.9 Å². The number of oxime groups is 1. The van der Waals surface area contributed by atoms with Crippen molar-refractivity contribution >= 4 is 11.8 Å². The highest BCUT2D eigenvalue weighted by Crippen LogP contribution is 2.20. The molecule has 3 aromatic rings. The van der Waals surface area contributed by atoms with E-state index in [0.29, 0.717) is 17.7 Å². The SMILES string of the molecule is Cc1ccc(OCc2cccc(C(=O)O/N=C(\N)c3ccc(F)cc3)c2)c(C)c1. The highest BCUT2D eigenvalue weighted by molar-refractivity contribution is 5.98. The Morgan fingerprint density at radius 2 is 1.76 bits per heavy atom. The molecule has 148 valence electrons. The van der Waals surface area contributed by atoms with E-state index in [-0.39, 0.29) is 5.84 Å². The molecule has 0 heterocycles. The van der Waals surface area contributed by atoms with Crippen LogP contribution < -0.4 is 10.5 Å². The Balaban J connectivity index is 1.64. The van der Waals surface area contributed by atoms with E-state index in [2.05, 4.69) is 5.16 Å². The van der Waals surface area contributed by atoms with Crippen molar-refractivity contribution in [1.82, 2.24) is 0 Å². The van der Waals surface area contributed by atoms with E-state index in [9.17, 15) is 9.18 Å². The molecular weight excluding hydrogens is 371 g/mol. The van der Waals surface area contributed by atoms with Gasteiger partial charge in [-0.05, 0) is 67.4 Å². The second-order valence-electron chi connectivity index (χ2n) is 6.62. The fraction of sp³-hybridized carbons (Fsp3) is 0.130. The van der Waals surface area contributed by atoms with Crippen LogP contribution in [0.4, 0.5) is 4.39 Å². The molecule has 0 aliphatic heterocycles. The molecule has 29 heavy (non-hydrogen) atoms. The average Bonchev–Trinajstić information content (AvgIpc) is 2.72. The number of aryl methyl sites for hydroxylation is 2. The number of carbonyl (C=O) groups is 1. The minimum absolute atomic E-state index is 0.0207. The van der Waals surface area contributed by atoms with Gasteiger partial charge in [0.1, 0.15) is 18.2 Å². The van der Waals surface area contributed by atoms with E-state index in [0.717, 1.165) is 16.9 Å². The van der Waals surface area contributed by atoms with Crippen LogP contribution in [0.15, 0.2) is 71.9 Å². The number of amidine groups is 1. The average molecular weight is 392 g/mol. The standard InChI is InChI=1S/C23H21FN2O3/c1-15-6-11-21(16(2)12-15)28-14-17-4-3-5-19(13-17)23(27)29-26-22(25)18-7-9-20(24)10-8-18/h3-13H,14H2,1-2H3,(H2,25,26). The maximum absolute atomic E-state index is 13.0. The number of hydrogen-bond donors (Lipinski definition) is 1. The number of hydrogen-bond acceptors (Lipinski definition) is 4. The Morgan fingerprint density at radius 3 is 2.48 bits per heavy atom. The van der Waals surface area contributed by atoms with Gasteiger partial charge in [-0.3, -0.25) is 0 Å². The second kappa shape index (κ2) is 9.01. The van der Waals surface area contributed by atoms with Crippen molar-refractivity contribution in [3.05, 3.63) is 100 Å². The van der Waals surface area contributed by atoms with Crippen LogP contribution in [0, 0.1) is 19.7 Å². The molecule has 0 saturated heterocycles. The molecule has 6 heteroatoms. The van der Waals surface area contributed by atoms with Crippen LogP contribution in [-0.2, 0) is 11.4 Å². The van der Waals surface area contributed by atoms with Crippen LogP contribution in [0.1, 0.15) is 32.6 Å². The molecule has 2 N–H and O–H groups in total. The normalized spacial score (nSPS) is 11.2. The van der Waals surface area contributed by atoms with Crippen LogP contribution in [0.25, 0.3) is 0 Å². The lowest BCUT2D eigenvalue weighted by molar-refractivity contribution is 0.0516. The molecule has 3 aromatic carbocycles. The number of nitrogens with two attached hydrogens (primary N) is 1. The van der Waals surface area contributed by atoms with Crippen LogP contribution in [0.2, 0.25) is 0 Å². The van der Waals surface area contributed by atoms with Crippen LogP contribution in [0.5, 0.6) is 5.75 Å². The van der Waals surface area contributed by atoms with Crippen LogP contribution in [0.3, 0.4) is 0 Å². The zero-order chi connectivity index (χ0) is 20.8. The van der Waals surface area contributed by atoms with Gasteiger partial charge in [0, 0.05) is 5.56 Å². The summed E-state index contributed by atoms with van der Waals surface area (Å²) >= 11 is 0. The first-order valence-corrected chi connectivity index (χ1v) is 9.02. The smallest absolute Gasteiger partial charge is 0.365 e. The molecule has 0 unspecified atom stereocenters. The highest BCUT2D eigenvalue weighted by Gasteiger charge is 2.10. The topological polar surface area (TPSA) is 73.9 Å². The molecule has 0 radical (unpaired) electrons. The minimum Gasteiger partial charge on any atom is -0.489 e. The van der Waals surface area contributed by atoms with E-state index < -0.39 is 11.8 Å². The Morgan fingerprint density at radius 1 is 1.00 bits per heavy atom. The Kier molecular flexibility index (Phi) is 6.24. The van der Waals surface area contributed by atoms with E-state index in [1.165, 1.54) is 29.8 Å². The first kappa shape index (κ1) is 20.1. The molecule has 3 rings (SSSR count). The van der Waals surface area contributed by atoms with Gasteiger partial charge in [-0.2, -0.15) is 0 Å². The number of rotatable bonds is 6. The fourth-order valence-electron chi connectivity index (χ4n) is 2.73. The molecule has 0 aliphatic carbocycles. The van der Waals surface area contributed by atoms with Crippen LogP contribution in [-0.4, -0.2) is 11.8 Å².